The van der Waals surface area contributed by atoms with Gasteiger partial charge >= 0.3 is 0 Å². The van der Waals surface area contributed by atoms with Gasteiger partial charge in [-0.05, 0) is 44.7 Å². The van der Waals surface area contributed by atoms with E-state index in [0.29, 0.717) is 12.0 Å². The van der Waals surface area contributed by atoms with Crippen LogP contribution in [0.4, 0.5) is 0 Å². The van der Waals surface area contributed by atoms with E-state index in [1.165, 1.54) is 11.4 Å². The Morgan fingerprint density at radius 1 is 1.52 bits per heavy atom. The lowest BCUT2D eigenvalue weighted by Gasteiger charge is -2.33. The number of aromatic nitrogens is 2. The fraction of sp³-hybridized carbons (Fsp3) is 0.824. The van der Waals surface area contributed by atoms with Crippen molar-refractivity contribution in [3.63, 3.8) is 0 Å². The van der Waals surface area contributed by atoms with Crippen molar-refractivity contribution >= 4 is 0 Å². The zero-order chi connectivity index (χ0) is 15.5. The van der Waals surface area contributed by atoms with Crippen LogP contribution < -0.4 is 5.32 Å². The molecule has 2 atom stereocenters. The Kier molecular flexibility index (Phi) is 5.44. The largest absolute Gasteiger partial charge is 0.378 e. The Balaban J connectivity index is 2.10. The number of rotatable bonds is 7. The van der Waals surface area contributed by atoms with Crippen LogP contribution in [0.15, 0.2) is 6.07 Å². The first-order valence-electron chi connectivity index (χ1n) is 8.31. The summed E-state index contributed by atoms with van der Waals surface area (Å²) in [4.78, 5) is 0. The Morgan fingerprint density at radius 2 is 2.29 bits per heavy atom. The van der Waals surface area contributed by atoms with Crippen molar-refractivity contribution in [3.05, 3.63) is 17.5 Å². The molecule has 2 heterocycles. The highest BCUT2D eigenvalue weighted by molar-refractivity contribution is 5.14. The number of nitrogens with one attached hydrogen (secondary N) is 1. The van der Waals surface area contributed by atoms with Crippen LogP contribution in [-0.2, 0) is 24.6 Å². The molecule has 1 aromatic rings. The van der Waals surface area contributed by atoms with Crippen molar-refractivity contribution in [2.24, 2.45) is 18.4 Å². The molecule has 4 nitrogen and oxygen atoms in total. The van der Waals surface area contributed by atoms with Gasteiger partial charge in [0.05, 0.1) is 11.8 Å². The van der Waals surface area contributed by atoms with Gasteiger partial charge in [-0.3, -0.25) is 4.68 Å². The lowest BCUT2D eigenvalue weighted by molar-refractivity contribution is 0.0618. The van der Waals surface area contributed by atoms with E-state index in [0.717, 1.165) is 39.0 Å². The van der Waals surface area contributed by atoms with Crippen LogP contribution in [0.5, 0.6) is 0 Å². The molecule has 1 fully saturated rings. The molecule has 1 saturated heterocycles. The van der Waals surface area contributed by atoms with Crippen LogP contribution in [-0.4, -0.2) is 35.6 Å². The van der Waals surface area contributed by atoms with Crippen molar-refractivity contribution in [2.45, 2.75) is 53.1 Å². The van der Waals surface area contributed by atoms with E-state index in [4.69, 9.17) is 4.74 Å². The van der Waals surface area contributed by atoms with Crippen molar-refractivity contribution in [2.75, 3.05) is 19.7 Å². The molecular weight excluding hydrogens is 262 g/mol. The maximum atomic E-state index is 5.90. The summed E-state index contributed by atoms with van der Waals surface area (Å²) in [6, 6.07) is 2.26. The van der Waals surface area contributed by atoms with Crippen LogP contribution in [0, 0.1) is 11.3 Å². The molecule has 4 heteroatoms. The average Bonchev–Trinajstić information content (AvgIpc) is 2.95. The third-order valence-electron chi connectivity index (χ3n) is 4.78. The minimum absolute atomic E-state index is 0.202. The van der Waals surface area contributed by atoms with E-state index >= 15 is 0 Å². The Morgan fingerprint density at radius 3 is 2.81 bits per heavy atom. The zero-order valence-electron chi connectivity index (χ0n) is 14.3. The van der Waals surface area contributed by atoms with Crippen molar-refractivity contribution in [3.8, 4) is 0 Å². The Bertz CT molecular complexity index is 455. The van der Waals surface area contributed by atoms with Gasteiger partial charge < -0.3 is 10.1 Å². The molecule has 120 valence electrons. The molecule has 21 heavy (non-hydrogen) atoms. The summed E-state index contributed by atoms with van der Waals surface area (Å²) in [5.74, 6) is 0.683. The summed E-state index contributed by atoms with van der Waals surface area (Å²) in [6.45, 7) is 11.9. The summed E-state index contributed by atoms with van der Waals surface area (Å²) >= 11 is 0. The van der Waals surface area contributed by atoms with E-state index < -0.39 is 0 Å². The van der Waals surface area contributed by atoms with Gasteiger partial charge in [-0.2, -0.15) is 5.10 Å². The number of ether oxygens (including phenoxy) is 1. The molecule has 0 radical (unpaired) electrons. The summed E-state index contributed by atoms with van der Waals surface area (Å²) in [7, 11) is 2.06. The summed E-state index contributed by atoms with van der Waals surface area (Å²) in [5.41, 5.74) is 2.72. The normalized spacial score (nSPS) is 25.9. The highest BCUT2D eigenvalue weighted by atomic mass is 16.5. The predicted octanol–water partition coefficient (Wildman–Crippen LogP) is 2.57. The van der Waals surface area contributed by atoms with Gasteiger partial charge in [0, 0.05) is 31.3 Å². The van der Waals surface area contributed by atoms with Crippen molar-refractivity contribution < 1.29 is 4.74 Å². The molecule has 0 spiro atoms. The third-order valence-corrected chi connectivity index (χ3v) is 4.78. The highest BCUT2D eigenvalue weighted by Gasteiger charge is 2.41. The van der Waals surface area contributed by atoms with E-state index in [2.05, 4.69) is 51.2 Å². The fourth-order valence-corrected chi connectivity index (χ4v) is 3.23. The van der Waals surface area contributed by atoms with Gasteiger partial charge in [0.2, 0.25) is 0 Å². The molecular formula is C17H31N3O. The molecule has 2 unspecified atom stereocenters. The number of aryl methyl sites for hydroxylation is 2. The zero-order valence-corrected chi connectivity index (χ0v) is 14.3. The van der Waals surface area contributed by atoms with Gasteiger partial charge in [0.25, 0.3) is 0 Å². The van der Waals surface area contributed by atoms with E-state index in [-0.39, 0.29) is 5.41 Å². The van der Waals surface area contributed by atoms with Crippen LogP contribution in [0.1, 0.15) is 45.5 Å². The quantitative estimate of drug-likeness (QED) is 0.840. The lowest BCUT2D eigenvalue weighted by atomic mass is 9.77. The average molecular weight is 293 g/mol. The molecule has 1 aliphatic rings. The molecule has 0 amide bonds. The molecule has 0 aromatic carbocycles. The van der Waals surface area contributed by atoms with Gasteiger partial charge in [-0.1, -0.05) is 20.8 Å². The van der Waals surface area contributed by atoms with Crippen LogP contribution in [0.25, 0.3) is 0 Å². The Hall–Kier alpha value is -0.870. The van der Waals surface area contributed by atoms with Crippen molar-refractivity contribution in [1.29, 1.82) is 0 Å². The topological polar surface area (TPSA) is 39.1 Å². The molecule has 1 N–H and O–H groups in total. The smallest absolute Gasteiger partial charge is 0.0624 e. The molecule has 2 rings (SSSR count). The number of nitrogens with zero attached hydrogens (tertiary/aromatic N) is 2. The number of hydrogen-bond acceptors (Lipinski definition) is 3. The van der Waals surface area contributed by atoms with Gasteiger partial charge in [-0.15, -0.1) is 0 Å². The maximum absolute atomic E-state index is 5.90. The Labute approximate surface area is 129 Å². The standard InChI is InChI=1S/C17H31N3O/c1-6-15-9-16(20(5)19-15)10-17(7-8-21-14(17)4)12-18-11-13(2)3/h9,13-14,18H,6-8,10-12H2,1-5H3. The minimum Gasteiger partial charge on any atom is -0.378 e. The number of hydrogen-bond donors (Lipinski definition) is 1. The monoisotopic (exact) mass is 293 g/mol. The molecule has 1 aliphatic heterocycles. The first-order valence-corrected chi connectivity index (χ1v) is 8.31. The second kappa shape index (κ2) is 6.93. The van der Waals surface area contributed by atoms with Crippen LogP contribution in [0.3, 0.4) is 0 Å². The predicted molar refractivity (Wildman–Crippen MR) is 86.5 cm³/mol. The van der Waals surface area contributed by atoms with Gasteiger partial charge in [0.1, 0.15) is 0 Å². The van der Waals surface area contributed by atoms with E-state index in [9.17, 15) is 0 Å². The first-order chi connectivity index (χ1) is 9.97. The SMILES string of the molecule is CCc1cc(CC2(CNCC(C)C)CCOC2C)n(C)n1. The fourth-order valence-electron chi connectivity index (χ4n) is 3.23. The molecule has 1 aromatic heterocycles. The van der Waals surface area contributed by atoms with Gasteiger partial charge in [0.15, 0.2) is 0 Å². The highest BCUT2D eigenvalue weighted by Crippen LogP contribution is 2.37. The maximum Gasteiger partial charge on any atom is 0.0624 e. The first kappa shape index (κ1) is 16.5. The van der Waals surface area contributed by atoms with Crippen LogP contribution in [0.2, 0.25) is 0 Å². The van der Waals surface area contributed by atoms with Crippen LogP contribution >= 0.6 is 0 Å². The molecule has 0 bridgehead atoms. The summed E-state index contributed by atoms with van der Waals surface area (Å²) in [5, 5.41) is 8.24. The third kappa shape index (κ3) is 3.86. The second-order valence-corrected chi connectivity index (χ2v) is 6.93. The lowest BCUT2D eigenvalue weighted by Crippen LogP contribution is -2.42. The summed E-state index contributed by atoms with van der Waals surface area (Å²) < 4.78 is 7.95. The molecule has 0 saturated carbocycles. The summed E-state index contributed by atoms with van der Waals surface area (Å²) in [6.07, 6.45) is 3.48. The van der Waals surface area contributed by atoms with E-state index in [1.807, 2.05) is 4.68 Å². The minimum atomic E-state index is 0.202. The van der Waals surface area contributed by atoms with E-state index in [1.54, 1.807) is 0 Å². The van der Waals surface area contributed by atoms with Gasteiger partial charge in [-0.25, -0.2) is 0 Å². The van der Waals surface area contributed by atoms with Crippen molar-refractivity contribution in [1.82, 2.24) is 15.1 Å². The molecule has 0 aliphatic carbocycles. The second-order valence-electron chi connectivity index (χ2n) is 6.93.